The molecule has 1 saturated heterocycles. The van der Waals surface area contributed by atoms with E-state index < -0.39 is 0 Å². The minimum atomic E-state index is -0.100. The van der Waals surface area contributed by atoms with Crippen LogP contribution in [0.3, 0.4) is 0 Å². The molecule has 2 rings (SSSR count). The van der Waals surface area contributed by atoms with E-state index in [0.29, 0.717) is 0 Å². The van der Waals surface area contributed by atoms with Gasteiger partial charge in [-0.2, -0.15) is 0 Å². The van der Waals surface area contributed by atoms with Crippen LogP contribution in [0.5, 0.6) is 0 Å². The van der Waals surface area contributed by atoms with Crippen LogP contribution in [0.15, 0.2) is 18.2 Å². The summed E-state index contributed by atoms with van der Waals surface area (Å²) in [4.78, 5) is 14.4. The Hall–Kier alpha value is -1.35. The minimum Gasteiger partial charge on any atom is -0.308 e. The van der Waals surface area contributed by atoms with Crippen LogP contribution in [0.2, 0.25) is 0 Å². The fourth-order valence-corrected chi connectivity index (χ4v) is 2.41. The van der Waals surface area contributed by atoms with Crippen molar-refractivity contribution in [2.45, 2.75) is 46.2 Å². The smallest absolute Gasteiger partial charge is 0.244 e. The highest BCUT2D eigenvalue weighted by Crippen LogP contribution is 2.24. The zero-order chi connectivity index (χ0) is 13.3. The Labute approximate surface area is 109 Å². The Bertz CT molecular complexity index is 456. The summed E-state index contributed by atoms with van der Waals surface area (Å²) < 4.78 is 0. The number of hydrogen-bond acceptors (Lipinski definition) is 2. The molecule has 2 unspecified atom stereocenters. The van der Waals surface area contributed by atoms with E-state index >= 15 is 0 Å². The lowest BCUT2D eigenvalue weighted by atomic mass is 10.1. The lowest BCUT2D eigenvalue weighted by molar-refractivity contribution is -0.120. The van der Waals surface area contributed by atoms with Gasteiger partial charge in [0.15, 0.2) is 0 Å². The lowest BCUT2D eigenvalue weighted by Gasteiger charge is -2.29. The SMILES string of the molecule is Cc1ccc(N2C(=O)C(C)NCCC2C)cc1C. The molecular weight excluding hydrogens is 224 g/mol. The van der Waals surface area contributed by atoms with E-state index in [1.165, 1.54) is 11.1 Å². The summed E-state index contributed by atoms with van der Waals surface area (Å²) in [5.41, 5.74) is 3.52. The number of carbonyl (C=O) groups is 1. The highest BCUT2D eigenvalue weighted by molar-refractivity contribution is 5.97. The van der Waals surface area contributed by atoms with Gasteiger partial charge in [0.25, 0.3) is 0 Å². The number of hydrogen-bond donors (Lipinski definition) is 1. The Balaban J connectivity index is 2.38. The maximum atomic E-state index is 12.4. The molecule has 1 fully saturated rings. The van der Waals surface area contributed by atoms with Crippen molar-refractivity contribution >= 4 is 11.6 Å². The molecule has 1 aliphatic heterocycles. The summed E-state index contributed by atoms with van der Waals surface area (Å²) in [6.45, 7) is 9.14. The third kappa shape index (κ3) is 2.41. The maximum absolute atomic E-state index is 12.4. The highest BCUT2D eigenvalue weighted by atomic mass is 16.2. The average molecular weight is 246 g/mol. The molecule has 0 radical (unpaired) electrons. The minimum absolute atomic E-state index is 0.100. The van der Waals surface area contributed by atoms with E-state index in [1.54, 1.807) is 0 Å². The Kier molecular flexibility index (Phi) is 3.71. The van der Waals surface area contributed by atoms with Crippen molar-refractivity contribution < 1.29 is 4.79 Å². The average Bonchev–Trinajstić information content (AvgIpc) is 2.44. The van der Waals surface area contributed by atoms with Crippen molar-refractivity contribution in [3.8, 4) is 0 Å². The molecule has 1 N–H and O–H groups in total. The van der Waals surface area contributed by atoms with Crippen LogP contribution < -0.4 is 10.2 Å². The molecule has 1 heterocycles. The number of anilines is 1. The number of rotatable bonds is 1. The Morgan fingerprint density at radius 2 is 1.94 bits per heavy atom. The molecule has 1 aromatic rings. The molecule has 1 aromatic carbocycles. The van der Waals surface area contributed by atoms with Crippen molar-refractivity contribution in [3.63, 3.8) is 0 Å². The summed E-state index contributed by atoms with van der Waals surface area (Å²) in [5.74, 6) is 0.170. The second-order valence-electron chi connectivity index (χ2n) is 5.29. The van der Waals surface area contributed by atoms with Crippen LogP contribution in [0.4, 0.5) is 5.69 Å². The van der Waals surface area contributed by atoms with E-state index in [4.69, 9.17) is 0 Å². The number of nitrogens with one attached hydrogen (secondary N) is 1. The number of amides is 1. The third-order valence-corrected chi connectivity index (χ3v) is 3.83. The molecule has 18 heavy (non-hydrogen) atoms. The van der Waals surface area contributed by atoms with Crippen molar-refractivity contribution in [2.75, 3.05) is 11.4 Å². The monoisotopic (exact) mass is 246 g/mol. The van der Waals surface area contributed by atoms with Crippen LogP contribution in [-0.4, -0.2) is 24.5 Å². The molecule has 0 spiro atoms. The number of benzene rings is 1. The predicted molar refractivity (Wildman–Crippen MR) is 74.9 cm³/mol. The molecule has 0 saturated carbocycles. The highest BCUT2D eigenvalue weighted by Gasteiger charge is 2.29. The first-order chi connectivity index (χ1) is 8.50. The maximum Gasteiger partial charge on any atom is 0.244 e. The van der Waals surface area contributed by atoms with Gasteiger partial charge in [-0.3, -0.25) is 4.79 Å². The Morgan fingerprint density at radius 1 is 1.22 bits per heavy atom. The van der Waals surface area contributed by atoms with E-state index in [0.717, 1.165) is 18.7 Å². The quantitative estimate of drug-likeness (QED) is 0.825. The summed E-state index contributed by atoms with van der Waals surface area (Å²) in [7, 11) is 0. The standard InChI is InChI=1S/C15H22N2O/c1-10-5-6-14(9-11(10)2)17-12(3)7-8-16-13(4)15(17)18/h5-6,9,12-13,16H,7-8H2,1-4H3. The van der Waals surface area contributed by atoms with Crippen LogP contribution in [-0.2, 0) is 4.79 Å². The molecule has 0 bridgehead atoms. The topological polar surface area (TPSA) is 32.3 Å². The second kappa shape index (κ2) is 5.11. The van der Waals surface area contributed by atoms with Crippen LogP contribution >= 0.6 is 0 Å². The van der Waals surface area contributed by atoms with Gasteiger partial charge in [0, 0.05) is 11.7 Å². The molecule has 2 atom stereocenters. The lowest BCUT2D eigenvalue weighted by Crippen LogP contribution is -2.44. The van der Waals surface area contributed by atoms with Gasteiger partial charge in [0.05, 0.1) is 6.04 Å². The normalized spacial score (nSPS) is 25.1. The van der Waals surface area contributed by atoms with Gasteiger partial charge in [-0.05, 0) is 63.9 Å². The second-order valence-corrected chi connectivity index (χ2v) is 5.29. The van der Waals surface area contributed by atoms with Crippen molar-refractivity contribution in [1.82, 2.24) is 5.32 Å². The molecule has 98 valence electrons. The zero-order valence-electron chi connectivity index (χ0n) is 11.7. The van der Waals surface area contributed by atoms with Gasteiger partial charge in [-0.15, -0.1) is 0 Å². The fraction of sp³-hybridized carbons (Fsp3) is 0.533. The Morgan fingerprint density at radius 3 is 2.61 bits per heavy atom. The van der Waals surface area contributed by atoms with Gasteiger partial charge in [-0.1, -0.05) is 6.07 Å². The largest absolute Gasteiger partial charge is 0.308 e. The predicted octanol–water partition coefficient (Wildman–Crippen LogP) is 2.41. The van der Waals surface area contributed by atoms with Crippen LogP contribution in [0.25, 0.3) is 0 Å². The first kappa shape index (κ1) is 13.1. The third-order valence-electron chi connectivity index (χ3n) is 3.83. The van der Waals surface area contributed by atoms with E-state index in [1.807, 2.05) is 11.8 Å². The van der Waals surface area contributed by atoms with Crippen LogP contribution in [0.1, 0.15) is 31.4 Å². The molecule has 3 heteroatoms. The summed E-state index contributed by atoms with van der Waals surface area (Å²) >= 11 is 0. The summed E-state index contributed by atoms with van der Waals surface area (Å²) in [6.07, 6.45) is 0.989. The van der Waals surface area contributed by atoms with Gasteiger partial charge in [0.2, 0.25) is 5.91 Å². The van der Waals surface area contributed by atoms with Crippen LogP contribution in [0, 0.1) is 13.8 Å². The summed E-state index contributed by atoms with van der Waals surface area (Å²) in [5, 5.41) is 3.26. The van der Waals surface area contributed by atoms with Gasteiger partial charge in [-0.25, -0.2) is 0 Å². The molecule has 0 aromatic heterocycles. The van der Waals surface area contributed by atoms with E-state index in [2.05, 4.69) is 44.3 Å². The van der Waals surface area contributed by atoms with E-state index in [-0.39, 0.29) is 18.0 Å². The first-order valence-electron chi connectivity index (χ1n) is 6.64. The van der Waals surface area contributed by atoms with Gasteiger partial charge >= 0.3 is 0 Å². The first-order valence-corrected chi connectivity index (χ1v) is 6.64. The van der Waals surface area contributed by atoms with Crippen molar-refractivity contribution in [1.29, 1.82) is 0 Å². The molecule has 3 nitrogen and oxygen atoms in total. The van der Waals surface area contributed by atoms with Crippen molar-refractivity contribution in [2.24, 2.45) is 0 Å². The fourth-order valence-electron chi connectivity index (χ4n) is 2.41. The summed E-state index contributed by atoms with van der Waals surface area (Å²) in [6, 6.07) is 6.40. The van der Waals surface area contributed by atoms with Gasteiger partial charge < -0.3 is 10.2 Å². The number of carbonyl (C=O) groups excluding carboxylic acids is 1. The zero-order valence-corrected chi connectivity index (χ0v) is 11.7. The molecular formula is C15H22N2O. The number of aryl methyl sites for hydroxylation is 2. The molecule has 0 aliphatic carbocycles. The van der Waals surface area contributed by atoms with E-state index in [9.17, 15) is 4.79 Å². The number of nitrogens with zero attached hydrogens (tertiary/aromatic N) is 1. The molecule has 1 amide bonds. The molecule has 1 aliphatic rings. The van der Waals surface area contributed by atoms with Crippen molar-refractivity contribution in [3.05, 3.63) is 29.3 Å². The van der Waals surface area contributed by atoms with Gasteiger partial charge in [0.1, 0.15) is 0 Å².